The van der Waals surface area contributed by atoms with Crippen LogP contribution in [0.4, 0.5) is 4.39 Å². The zero-order valence-electron chi connectivity index (χ0n) is 15.1. The predicted molar refractivity (Wildman–Crippen MR) is 97.6 cm³/mol. The van der Waals surface area contributed by atoms with Crippen LogP contribution in [0.5, 0.6) is 0 Å². The minimum atomic E-state index is -0.600. The van der Waals surface area contributed by atoms with Crippen LogP contribution in [0.2, 0.25) is 5.02 Å². The van der Waals surface area contributed by atoms with Gasteiger partial charge in [0.05, 0.1) is 16.0 Å². The van der Waals surface area contributed by atoms with Gasteiger partial charge in [0, 0.05) is 26.2 Å². The molecule has 0 radical (unpaired) electrons. The molecule has 2 aliphatic heterocycles. The van der Waals surface area contributed by atoms with Crippen molar-refractivity contribution in [3.05, 3.63) is 34.1 Å². The van der Waals surface area contributed by atoms with Gasteiger partial charge >= 0.3 is 0 Å². The van der Waals surface area contributed by atoms with Crippen molar-refractivity contribution in [1.82, 2.24) is 9.80 Å². The Bertz CT molecular complexity index is 764. The van der Waals surface area contributed by atoms with Crippen molar-refractivity contribution in [2.24, 2.45) is 11.3 Å². The number of carbonyl (C=O) groups excluding carboxylic acids is 2. The van der Waals surface area contributed by atoms with E-state index in [-0.39, 0.29) is 16.5 Å². The molecular formula is C20H24ClFN2O2. The van der Waals surface area contributed by atoms with Crippen molar-refractivity contribution >= 4 is 23.4 Å². The summed E-state index contributed by atoms with van der Waals surface area (Å²) >= 11 is 6.20. The monoisotopic (exact) mass is 378 g/mol. The minimum absolute atomic E-state index is 0.0678. The van der Waals surface area contributed by atoms with Gasteiger partial charge in [0.1, 0.15) is 5.82 Å². The lowest BCUT2D eigenvalue weighted by Crippen LogP contribution is -2.51. The summed E-state index contributed by atoms with van der Waals surface area (Å²) in [5, 5.41) is 0.168. The summed E-state index contributed by atoms with van der Waals surface area (Å²) in [6, 6.07) is 2.85. The standard InChI is InChI=1S/C20H24ClFN2O2/c1-13-3-6-15(22)16(17(13)21)18(25)24-10-8-20(12-24)7-2-9-23(19(20)26)11-14-4-5-14/h3,6,14H,2,4-5,7-12H2,1H3. The third-order valence-corrected chi connectivity index (χ3v) is 6.63. The van der Waals surface area contributed by atoms with Gasteiger partial charge in [-0.1, -0.05) is 17.7 Å². The zero-order valence-corrected chi connectivity index (χ0v) is 15.8. The second-order valence-electron chi connectivity index (χ2n) is 8.11. The number of carbonyl (C=O) groups is 2. The summed E-state index contributed by atoms with van der Waals surface area (Å²) < 4.78 is 14.3. The minimum Gasteiger partial charge on any atom is -0.342 e. The molecule has 3 fully saturated rings. The Morgan fingerprint density at radius 2 is 2.08 bits per heavy atom. The molecule has 6 heteroatoms. The van der Waals surface area contributed by atoms with Gasteiger partial charge in [0.2, 0.25) is 5.91 Å². The van der Waals surface area contributed by atoms with Crippen molar-refractivity contribution in [1.29, 1.82) is 0 Å². The Morgan fingerprint density at radius 1 is 1.31 bits per heavy atom. The summed E-state index contributed by atoms with van der Waals surface area (Å²) in [6.45, 7) is 4.28. The molecular weight excluding hydrogens is 355 g/mol. The third-order valence-electron chi connectivity index (χ3n) is 6.14. The van der Waals surface area contributed by atoms with Gasteiger partial charge in [0.25, 0.3) is 5.91 Å². The number of hydrogen-bond donors (Lipinski definition) is 0. The van der Waals surface area contributed by atoms with Crippen LogP contribution in [0, 0.1) is 24.1 Å². The first kappa shape index (κ1) is 17.8. The van der Waals surface area contributed by atoms with E-state index in [2.05, 4.69) is 0 Å². The van der Waals surface area contributed by atoms with Crippen LogP contribution >= 0.6 is 11.6 Å². The van der Waals surface area contributed by atoms with E-state index in [9.17, 15) is 14.0 Å². The van der Waals surface area contributed by atoms with Crippen LogP contribution in [-0.2, 0) is 4.79 Å². The van der Waals surface area contributed by atoms with E-state index in [0.717, 1.165) is 25.9 Å². The molecule has 1 aromatic carbocycles. The van der Waals surface area contributed by atoms with Crippen molar-refractivity contribution in [2.45, 2.75) is 39.0 Å². The molecule has 26 heavy (non-hydrogen) atoms. The van der Waals surface area contributed by atoms with Gasteiger partial charge < -0.3 is 9.80 Å². The molecule has 1 saturated carbocycles. The maximum absolute atomic E-state index is 14.3. The van der Waals surface area contributed by atoms with Crippen LogP contribution in [0.15, 0.2) is 12.1 Å². The molecule has 2 amide bonds. The second kappa shape index (κ2) is 6.52. The van der Waals surface area contributed by atoms with Gasteiger partial charge in [-0.05, 0) is 56.6 Å². The van der Waals surface area contributed by atoms with Crippen molar-refractivity contribution < 1.29 is 14.0 Å². The number of rotatable bonds is 3. The lowest BCUT2D eigenvalue weighted by Gasteiger charge is -2.39. The molecule has 0 bridgehead atoms. The first-order valence-corrected chi connectivity index (χ1v) is 9.82. The second-order valence-corrected chi connectivity index (χ2v) is 8.49. The average Bonchev–Trinajstić information content (AvgIpc) is 3.33. The summed E-state index contributed by atoms with van der Waals surface area (Å²) in [7, 11) is 0. The highest BCUT2D eigenvalue weighted by Crippen LogP contribution is 2.42. The van der Waals surface area contributed by atoms with E-state index < -0.39 is 17.1 Å². The number of likely N-dealkylation sites (tertiary alicyclic amines) is 2. The quantitative estimate of drug-likeness (QED) is 0.805. The molecule has 1 atom stereocenters. The molecule has 0 N–H and O–H groups in total. The number of nitrogens with zero attached hydrogens (tertiary/aromatic N) is 2. The molecule has 3 aliphatic rings. The predicted octanol–water partition coefficient (Wildman–Crippen LogP) is 3.65. The molecule has 4 rings (SSSR count). The number of benzene rings is 1. The highest BCUT2D eigenvalue weighted by molar-refractivity contribution is 6.34. The number of halogens is 2. The molecule has 2 heterocycles. The Labute approximate surface area is 158 Å². The Balaban J connectivity index is 1.53. The smallest absolute Gasteiger partial charge is 0.258 e. The van der Waals surface area contributed by atoms with Gasteiger partial charge in [-0.2, -0.15) is 0 Å². The van der Waals surface area contributed by atoms with E-state index in [1.54, 1.807) is 17.9 Å². The zero-order chi connectivity index (χ0) is 18.5. The Morgan fingerprint density at radius 3 is 2.81 bits per heavy atom. The summed E-state index contributed by atoms with van der Waals surface area (Å²) in [5.41, 5.74) is 0.117. The van der Waals surface area contributed by atoms with E-state index in [0.29, 0.717) is 31.0 Å². The van der Waals surface area contributed by atoms with E-state index >= 15 is 0 Å². The summed E-state index contributed by atoms with van der Waals surface area (Å²) in [4.78, 5) is 29.6. The molecule has 4 nitrogen and oxygen atoms in total. The number of hydrogen-bond acceptors (Lipinski definition) is 2. The molecule has 2 saturated heterocycles. The molecule has 1 spiro atoms. The molecule has 140 valence electrons. The third kappa shape index (κ3) is 3.00. The maximum atomic E-state index is 14.3. The van der Waals surface area contributed by atoms with E-state index in [1.165, 1.54) is 18.9 Å². The van der Waals surface area contributed by atoms with Crippen molar-refractivity contribution in [2.75, 3.05) is 26.2 Å². The maximum Gasteiger partial charge on any atom is 0.258 e. The number of aryl methyl sites for hydroxylation is 1. The highest BCUT2D eigenvalue weighted by Gasteiger charge is 2.50. The van der Waals surface area contributed by atoms with Crippen molar-refractivity contribution in [3.63, 3.8) is 0 Å². The van der Waals surface area contributed by atoms with E-state index in [1.807, 2.05) is 4.90 Å². The fourth-order valence-corrected chi connectivity index (χ4v) is 4.61. The van der Waals surface area contributed by atoms with Gasteiger partial charge in [0.15, 0.2) is 0 Å². The summed E-state index contributed by atoms with van der Waals surface area (Å²) in [6.07, 6.45) is 4.86. The number of piperidine rings is 1. The van der Waals surface area contributed by atoms with Crippen LogP contribution in [0.25, 0.3) is 0 Å². The molecule has 1 aliphatic carbocycles. The molecule has 1 aromatic rings. The Kier molecular flexibility index (Phi) is 4.46. The van der Waals surface area contributed by atoms with Gasteiger partial charge in [-0.25, -0.2) is 4.39 Å². The number of amides is 2. The van der Waals surface area contributed by atoms with E-state index in [4.69, 9.17) is 11.6 Å². The first-order chi connectivity index (χ1) is 12.4. The van der Waals surface area contributed by atoms with Gasteiger partial charge in [-0.15, -0.1) is 0 Å². The largest absolute Gasteiger partial charge is 0.342 e. The Hall–Kier alpha value is -1.62. The lowest BCUT2D eigenvalue weighted by molar-refractivity contribution is -0.145. The first-order valence-electron chi connectivity index (χ1n) is 9.44. The van der Waals surface area contributed by atoms with Crippen LogP contribution in [0.1, 0.15) is 48.0 Å². The lowest BCUT2D eigenvalue weighted by atomic mass is 9.78. The SMILES string of the molecule is Cc1ccc(F)c(C(=O)N2CCC3(CCCN(CC4CC4)C3=O)C2)c1Cl. The van der Waals surface area contributed by atoms with Gasteiger partial charge in [-0.3, -0.25) is 9.59 Å². The topological polar surface area (TPSA) is 40.6 Å². The average molecular weight is 379 g/mol. The molecule has 0 aromatic heterocycles. The van der Waals surface area contributed by atoms with Crippen molar-refractivity contribution in [3.8, 4) is 0 Å². The van der Waals surface area contributed by atoms with Crippen LogP contribution in [0.3, 0.4) is 0 Å². The fourth-order valence-electron chi connectivity index (χ4n) is 4.37. The highest BCUT2D eigenvalue weighted by atomic mass is 35.5. The summed E-state index contributed by atoms with van der Waals surface area (Å²) in [5.74, 6) is -0.160. The molecule has 1 unspecified atom stereocenters. The normalized spacial score (nSPS) is 26.0. The van der Waals surface area contributed by atoms with Crippen LogP contribution < -0.4 is 0 Å². The van der Waals surface area contributed by atoms with Crippen LogP contribution in [-0.4, -0.2) is 47.8 Å². The fraction of sp³-hybridized carbons (Fsp3) is 0.600.